The summed E-state index contributed by atoms with van der Waals surface area (Å²) in [5.41, 5.74) is 12.2. The van der Waals surface area contributed by atoms with Crippen molar-refractivity contribution < 1.29 is 19.7 Å². The van der Waals surface area contributed by atoms with Crippen molar-refractivity contribution in [3.8, 4) is 39.4 Å². The van der Waals surface area contributed by atoms with E-state index in [4.69, 9.17) is 9.47 Å². The molecule has 0 amide bonds. The lowest BCUT2D eigenvalue weighted by molar-refractivity contribution is 0.201. The van der Waals surface area contributed by atoms with Gasteiger partial charge in [-0.05, 0) is 105 Å². The number of aliphatic hydroxyl groups excluding tert-OH is 2. The van der Waals surface area contributed by atoms with Crippen molar-refractivity contribution in [3.63, 3.8) is 0 Å². The van der Waals surface area contributed by atoms with Gasteiger partial charge in [0.05, 0.1) is 29.7 Å². The van der Waals surface area contributed by atoms with Gasteiger partial charge >= 0.3 is 0 Å². The Labute approximate surface area is 302 Å². The van der Waals surface area contributed by atoms with Crippen LogP contribution < -0.4 is 9.47 Å². The van der Waals surface area contributed by atoms with Gasteiger partial charge in [-0.3, -0.25) is 0 Å². The number of ether oxygens (including phenoxy) is 2. The molecule has 1 aromatic heterocycles. The summed E-state index contributed by atoms with van der Waals surface area (Å²) < 4.78 is 13.9. The Kier molecular flexibility index (Phi) is 8.08. The normalized spacial score (nSPS) is 12.9. The van der Waals surface area contributed by atoms with Gasteiger partial charge in [0.15, 0.2) is 0 Å². The van der Waals surface area contributed by atoms with Gasteiger partial charge < -0.3 is 24.3 Å². The van der Waals surface area contributed by atoms with Crippen LogP contribution in [0.3, 0.4) is 0 Å². The number of nitrogens with zero attached hydrogens (tertiary/aromatic N) is 1. The van der Waals surface area contributed by atoms with E-state index in [2.05, 4.69) is 144 Å². The highest BCUT2D eigenvalue weighted by atomic mass is 16.5. The van der Waals surface area contributed by atoms with Crippen molar-refractivity contribution in [1.82, 2.24) is 4.57 Å². The quantitative estimate of drug-likeness (QED) is 0.151. The van der Waals surface area contributed by atoms with E-state index in [0.29, 0.717) is 11.5 Å². The summed E-state index contributed by atoms with van der Waals surface area (Å²) in [6.45, 7) is 0.392. The fourth-order valence-electron chi connectivity index (χ4n) is 8.18. The molecule has 5 nitrogen and oxygen atoms in total. The van der Waals surface area contributed by atoms with Gasteiger partial charge in [0.1, 0.15) is 24.7 Å². The number of benzene rings is 7. The predicted octanol–water partition coefficient (Wildman–Crippen LogP) is 9.56. The van der Waals surface area contributed by atoms with Crippen LogP contribution in [0.4, 0.5) is 0 Å². The molecule has 0 fully saturated rings. The zero-order valence-electron chi connectivity index (χ0n) is 28.6. The Balaban J connectivity index is 1.26. The second-order valence-corrected chi connectivity index (χ2v) is 13.2. The van der Waals surface area contributed by atoms with Crippen LogP contribution in [0.15, 0.2) is 164 Å². The minimum Gasteiger partial charge on any atom is -0.491 e. The van der Waals surface area contributed by atoms with E-state index < -0.39 is 5.41 Å². The van der Waals surface area contributed by atoms with Gasteiger partial charge in [0.2, 0.25) is 0 Å². The molecule has 1 aliphatic carbocycles. The standard InChI is InChI=1S/C47H37NO4/c49-26-28-51-37-20-16-34(17-21-37)47(35-18-22-38(23-19-35)52-29-27-50)43-12-6-4-10-39(43)40-24-14-33(31-44(40)47)32-15-25-46-42(30-32)41-11-5-7-13-45(41)48(46)36-8-2-1-3-9-36/h1-25,30-31,49-50H,26-29H2. The molecule has 5 heteroatoms. The lowest BCUT2D eigenvalue weighted by atomic mass is 9.67. The fraction of sp³-hybridized carbons (Fsp3) is 0.106. The van der Waals surface area contributed by atoms with Gasteiger partial charge in [0, 0.05) is 16.5 Å². The van der Waals surface area contributed by atoms with Crippen LogP contribution in [0.25, 0.3) is 49.7 Å². The average Bonchev–Trinajstić information content (AvgIpc) is 3.70. The van der Waals surface area contributed by atoms with Crippen molar-refractivity contribution in [3.05, 3.63) is 186 Å². The molecule has 9 rings (SSSR count). The first kappa shape index (κ1) is 31.8. The largest absolute Gasteiger partial charge is 0.491 e. The van der Waals surface area contributed by atoms with E-state index in [1.165, 1.54) is 44.1 Å². The number of aromatic nitrogens is 1. The Bertz CT molecular complexity index is 2480. The van der Waals surface area contributed by atoms with E-state index in [-0.39, 0.29) is 26.4 Å². The van der Waals surface area contributed by atoms with Crippen molar-refractivity contribution in [2.45, 2.75) is 5.41 Å². The van der Waals surface area contributed by atoms with Crippen LogP contribution in [0.1, 0.15) is 22.3 Å². The third-order valence-corrected chi connectivity index (χ3v) is 10.4. The number of hydrogen-bond acceptors (Lipinski definition) is 4. The maximum atomic E-state index is 9.37. The van der Waals surface area contributed by atoms with Crippen LogP contribution >= 0.6 is 0 Å². The molecule has 0 saturated carbocycles. The number of aliphatic hydroxyl groups is 2. The van der Waals surface area contributed by atoms with Gasteiger partial charge in [-0.2, -0.15) is 0 Å². The summed E-state index contributed by atoms with van der Waals surface area (Å²) in [6, 6.07) is 58.2. The van der Waals surface area contributed by atoms with Gasteiger partial charge in [-0.25, -0.2) is 0 Å². The molecule has 0 unspecified atom stereocenters. The Morgan fingerprint density at radius 3 is 1.71 bits per heavy atom. The van der Waals surface area contributed by atoms with Crippen LogP contribution in [0.2, 0.25) is 0 Å². The first-order valence-electron chi connectivity index (χ1n) is 17.7. The molecule has 254 valence electrons. The van der Waals surface area contributed by atoms with E-state index in [1.807, 2.05) is 24.3 Å². The molecule has 0 spiro atoms. The summed E-state index contributed by atoms with van der Waals surface area (Å²) in [7, 11) is 0. The lowest BCUT2D eigenvalue weighted by Gasteiger charge is -2.34. The van der Waals surface area contributed by atoms with E-state index in [1.54, 1.807) is 0 Å². The molecule has 52 heavy (non-hydrogen) atoms. The van der Waals surface area contributed by atoms with Crippen LogP contribution in [0.5, 0.6) is 11.5 Å². The minimum atomic E-state index is -0.639. The summed E-state index contributed by atoms with van der Waals surface area (Å²) in [5, 5.41) is 21.2. The second-order valence-electron chi connectivity index (χ2n) is 13.2. The predicted molar refractivity (Wildman–Crippen MR) is 209 cm³/mol. The molecule has 2 N–H and O–H groups in total. The highest BCUT2D eigenvalue weighted by Crippen LogP contribution is 2.57. The Morgan fingerprint density at radius 1 is 0.462 bits per heavy atom. The first-order chi connectivity index (χ1) is 25.7. The summed E-state index contributed by atoms with van der Waals surface area (Å²) in [5.74, 6) is 1.42. The third kappa shape index (κ3) is 5.09. The second kappa shape index (κ2) is 13.2. The van der Waals surface area contributed by atoms with E-state index >= 15 is 0 Å². The van der Waals surface area contributed by atoms with Crippen LogP contribution in [-0.4, -0.2) is 41.2 Å². The minimum absolute atomic E-state index is 0.0432. The van der Waals surface area contributed by atoms with Gasteiger partial charge in [-0.15, -0.1) is 0 Å². The van der Waals surface area contributed by atoms with Gasteiger partial charge in [-0.1, -0.05) is 103 Å². The molecule has 1 heterocycles. The van der Waals surface area contributed by atoms with Crippen molar-refractivity contribution in [2.24, 2.45) is 0 Å². The highest BCUT2D eigenvalue weighted by Gasteiger charge is 2.46. The average molecular weight is 680 g/mol. The van der Waals surface area contributed by atoms with Gasteiger partial charge in [0.25, 0.3) is 0 Å². The molecular formula is C47H37NO4. The molecule has 0 atom stereocenters. The molecule has 0 radical (unpaired) electrons. The number of fused-ring (bicyclic) bond motifs is 6. The van der Waals surface area contributed by atoms with Crippen molar-refractivity contribution >= 4 is 21.8 Å². The summed E-state index contributed by atoms with van der Waals surface area (Å²) >= 11 is 0. The zero-order valence-corrected chi connectivity index (χ0v) is 28.6. The van der Waals surface area contributed by atoms with Crippen LogP contribution in [-0.2, 0) is 5.41 Å². The van der Waals surface area contributed by atoms with Crippen LogP contribution in [0, 0.1) is 0 Å². The third-order valence-electron chi connectivity index (χ3n) is 10.4. The smallest absolute Gasteiger partial charge is 0.119 e. The maximum absolute atomic E-state index is 9.37. The molecule has 7 aromatic carbocycles. The lowest BCUT2D eigenvalue weighted by Crippen LogP contribution is -2.28. The number of rotatable bonds is 10. The zero-order chi connectivity index (χ0) is 35.1. The summed E-state index contributed by atoms with van der Waals surface area (Å²) in [6.07, 6.45) is 0. The molecule has 8 aromatic rings. The highest BCUT2D eigenvalue weighted by molar-refractivity contribution is 6.10. The monoisotopic (exact) mass is 679 g/mol. The van der Waals surface area contributed by atoms with E-state index in [0.717, 1.165) is 27.9 Å². The summed E-state index contributed by atoms with van der Waals surface area (Å²) in [4.78, 5) is 0. The Hall–Kier alpha value is -6.14. The van der Waals surface area contributed by atoms with Crippen molar-refractivity contribution in [1.29, 1.82) is 0 Å². The first-order valence-corrected chi connectivity index (χ1v) is 17.7. The Morgan fingerprint density at radius 2 is 1.02 bits per heavy atom. The maximum Gasteiger partial charge on any atom is 0.119 e. The van der Waals surface area contributed by atoms with Crippen molar-refractivity contribution in [2.75, 3.05) is 26.4 Å². The topological polar surface area (TPSA) is 63.9 Å². The molecule has 0 bridgehead atoms. The SMILES string of the molecule is OCCOc1ccc(C2(c3ccc(OCCO)cc3)c3ccccc3-c3ccc(-c4ccc5c(c4)c4ccccc4n5-c4ccccc4)cc32)cc1. The molecule has 1 aliphatic rings. The fourth-order valence-corrected chi connectivity index (χ4v) is 8.18. The molecular weight excluding hydrogens is 643 g/mol. The molecule has 0 saturated heterocycles. The number of hydrogen-bond donors (Lipinski definition) is 2. The van der Waals surface area contributed by atoms with E-state index in [9.17, 15) is 10.2 Å². The number of para-hydroxylation sites is 2. The molecule has 0 aliphatic heterocycles.